The number of rotatable bonds is 7. The third kappa shape index (κ3) is 5.46. The topological polar surface area (TPSA) is 82.8 Å². The van der Waals surface area contributed by atoms with E-state index in [0.29, 0.717) is 30.2 Å². The van der Waals surface area contributed by atoms with Gasteiger partial charge in [0.2, 0.25) is 11.7 Å². The molecule has 0 unspecified atom stereocenters. The minimum atomic E-state index is -0.546. The van der Waals surface area contributed by atoms with Crippen molar-refractivity contribution in [3.8, 4) is 17.2 Å². The third-order valence-electron chi connectivity index (χ3n) is 3.69. The van der Waals surface area contributed by atoms with Crippen LogP contribution in [0.3, 0.4) is 0 Å². The molecule has 1 aromatic carbocycles. The molecule has 0 aliphatic heterocycles. The first-order valence-corrected chi connectivity index (χ1v) is 7.57. The van der Waals surface area contributed by atoms with Crippen LogP contribution >= 0.6 is 12.4 Å². The molecule has 0 bridgehead atoms. The summed E-state index contributed by atoms with van der Waals surface area (Å²) in [4.78, 5) is 12.0. The number of hydrogen-bond donors (Lipinski definition) is 2. The fraction of sp³-hybridized carbons (Fsp3) is 0.588. The number of nitrogens with one attached hydrogen (secondary N) is 1. The van der Waals surface area contributed by atoms with Gasteiger partial charge in [-0.15, -0.1) is 12.4 Å². The number of carbonyl (C=O) groups excluding carboxylic acids is 1. The van der Waals surface area contributed by atoms with Gasteiger partial charge in [-0.1, -0.05) is 26.8 Å². The van der Waals surface area contributed by atoms with Gasteiger partial charge in [-0.05, 0) is 17.9 Å². The molecule has 24 heavy (non-hydrogen) atoms. The molecule has 0 saturated carbocycles. The first kappa shape index (κ1) is 22.3. The molecule has 0 heterocycles. The zero-order valence-electron chi connectivity index (χ0n) is 15.3. The highest BCUT2D eigenvalue weighted by Crippen LogP contribution is 2.39. The van der Waals surface area contributed by atoms with Crippen molar-refractivity contribution in [3.63, 3.8) is 0 Å². The molecular formula is C17H29ClN2O4. The third-order valence-corrected chi connectivity index (χ3v) is 3.69. The van der Waals surface area contributed by atoms with Gasteiger partial charge >= 0.3 is 0 Å². The van der Waals surface area contributed by atoms with Crippen molar-refractivity contribution in [2.45, 2.75) is 33.2 Å². The maximum absolute atomic E-state index is 12.0. The number of methoxy groups -OCH3 is 3. The van der Waals surface area contributed by atoms with E-state index in [2.05, 4.69) is 5.32 Å². The molecule has 1 atom stereocenters. The number of halogens is 1. The van der Waals surface area contributed by atoms with E-state index in [9.17, 15) is 4.79 Å². The maximum Gasteiger partial charge on any atom is 0.237 e. The van der Waals surface area contributed by atoms with Crippen LogP contribution in [-0.2, 0) is 11.2 Å². The van der Waals surface area contributed by atoms with Crippen LogP contribution in [0, 0.1) is 5.41 Å². The SMILES string of the molecule is COc1ccc(CCNC(=O)[C@@H](N)C(C)(C)C)c(OC)c1OC.Cl. The Labute approximate surface area is 150 Å². The lowest BCUT2D eigenvalue weighted by Crippen LogP contribution is -2.49. The quantitative estimate of drug-likeness (QED) is 0.778. The van der Waals surface area contributed by atoms with Gasteiger partial charge in [0, 0.05) is 12.1 Å². The van der Waals surface area contributed by atoms with E-state index < -0.39 is 6.04 Å². The maximum atomic E-state index is 12.0. The van der Waals surface area contributed by atoms with Gasteiger partial charge in [0.05, 0.1) is 27.4 Å². The molecule has 0 aliphatic carbocycles. The molecule has 138 valence electrons. The van der Waals surface area contributed by atoms with Gasteiger partial charge in [0.15, 0.2) is 11.5 Å². The van der Waals surface area contributed by atoms with Crippen LogP contribution in [0.2, 0.25) is 0 Å². The van der Waals surface area contributed by atoms with Crippen LogP contribution in [0.25, 0.3) is 0 Å². The van der Waals surface area contributed by atoms with Crippen LogP contribution in [0.4, 0.5) is 0 Å². The summed E-state index contributed by atoms with van der Waals surface area (Å²) in [5.41, 5.74) is 6.59. The Balaban J connectivity index is 0.00000529. The summed E-state index contributed by atoms with van der Waals surface area (Å²) in [6, 6.07) is 3.17. The van der Waals surface area contributed by atoms with Crippen LogP contribution in [0.1, 0.15) is 26.3 Å². The second-order valence-corrected chi connectivity index (χ2v) is 6.38. The Morgan fingerprint density at radius 2 is 1.71 bits per heavy atom. The molecule has 1 aromatic rings. The van der Waals surface area contributed by atoms with Crippen molar-refractivity contribution >= 4 is 18.3 Å². The van der Waals surface area contributed by atoms with Crippen molar-refractivity contribution in [3.05, 3.63) is 17.7 Å². The van der Waals surface area contributed by atoms with Gasteiger partial charge in [-0.25, -0.2) is 0 Å². The van der Waals surface area contributed by atoms with Gasteiger partial charge < -0.3 is 25.3 Å². The summed E-state index contributed by atoms with van der Waals surface area (Å²) in [6.07, 6.45) is 0.603. The lowest BCUT2D eigenvalue weighted by molar-refractivity contribution is -0.124. The molecule has 0 spiro atoms. The summed E-state index contributed by atoms with van der Waals surface area (Å²) in [5.74, 6) is 1.61. The minimum absolute atomic E-state index is 0. The smallest absolute Gasteiger partial charge is 0.237 e. The number of carbonyl (C=O) groups is 1. The molecule has 0 aromatic heterocycles. The fourth-order valence-electron chi connectivity index (χ4n) is 2.18. The predicted octanol–water partition coefficient (Wildman–Crippen LogP) is 2.17. The predicted molar refractivity (Wildman–Crippen MR) is 97.5 cm³/mol. The molecule has 7 heteroatoms. The second-order valence-electron chi connectivity index (χ2n) is 6.38. The molecule has 0 saturated heterocycles. The van der Waals surface area contributed by atoms with E-state index in [1.165, 1.54) is 0 Å². The molecule has 0 aliphatic rings. The number of hydrogen-bond acceptors (Lipinski definition) is 5. The number of benzene rings is 1. The highest BCUT2D eigenvalue weighted by molar-refractivity contribution is 5.85. The van der Waals surface area contributed by atoms with Gasteiger partial charge in [0.25, 0.3) is 0 Å². The second kappa shape index (κ2) is 9.59. The zero-order chi connectivity index (χ0) is 17.6. The van der Waals surface area contributed by atoms with E-state index >= 15 is 0 Å². The van der Waals surface area contributed by atoms with E-state index in [1.807, 2.05) is 32.9 Å². The Kier molecular flexibility index (Phi) is 8.93. The monoisotopic (exact) mass is 360 g/mol. The summed E-state index contributed by atoms with van der Waals surface area (Å²) in [6.45, 7) is 6.28. The van der Waals surface area contributed by atoms with Crippen LogP contribution in [0.5, 0.6) is 17.2 Å². The fourth-order valence-corrected chi connectivity index (χ4v) is 2.18. The van der Waals surface area contributed by atoms with E-state index in [1.54, 1.807) is 21.3 Å². The summed E-state index contributed by atoms with van der Waals surface area (Å²) in [7, 11) is 4.72. The largest absolute Gasteiger partial charge is 0.493 e. The summed E-state index contributed by atoms with van der Waals surface area (Å²) in [5, 5.41) is 2.86. The van der Waals surface area contributed by atoms with Crippen LogP contribution in [0.15, 0.2) is 12.1 Å². The minimum Gasteiger partial charge on any atom is -0.493 e. The summed E-state index contributed by atoms with van der Waals surface area (Å²) < 4.78 is 16.0. The van der Waals surface area contributed by atoms with Crippen LogP contribution in [-0.4, -0.2) is 39.8 Å². The van der Waals surface area contributed by atoms with E-state index in [0.717, 1.165) is 5.56 Å². The average Bonchev–Trinajstić information content (AvgIpc) is 2.52. The first-order chi connectivity index (χ1) is 10.8. The molecule has 6 nitrogen and oxygen atoms in total. The lowest BCUT2D eigenvalue weighted by atomic mass is 9.87. The molecule has 1 amide bonds. The Bertz CT molecular complexity index is 544. The van der Waals surface area contributed by atoms with E-state index in [4.69, 9.17) is 19.9 Å². The standard InChI is InChI=1S/C17H28N2O4.ClH/c1-17(2,3)15(18)16(20)19-10-9-11-7-8-12(21-4)14(23-6)13(11)22-5;/h7-8,15H,9-10,18H2,1-6H3,(H,19,20);1H/t15-;/m1./s1. The average molecular weight is 361 g/mol. The number of nitrogens with two attached hydrogens (primary N) is 1. The highest BCUT2D eigenvalue weighted by Gasteiger charge is 2.27. The molecule has 1 rings (SSSR count). The van der Waals surface area contributed by atoms with Crippen LogP contribution < -0.4 is 25.3 Å². The molecular weight excluding hydrogens is 332 g/mol. The van der Waals surface area contributed by atoms with Gasteiger partial charge in [0.1, 0.15) is 0 Å². The van der Waals surface area contributed by atoms with Crippen molar-refractivity contribution in [1.29, 1.82) is 0 Å². The van der Waals surface area contributed by atoms with Crippen molar-refractivity contribution in [2.24, 2.45) is 11.1 Å². The number of ether oxygens (including phenoxy) is 3. The Morgan fingerprint density at radius 3 is 2.17 bits per heavy atom. The first-order valence-electron chi connectivity index (χ1n) is 7.57. The molecule has 0 fully saturated rings. The lowest BCUT2D eigenvalue weighted by Gasteiger charge is -2.25. The van der Waals surface area contributed by atoms with E-state index in [-0.39, 0.29) is 23.7 Å². The Hall–Kier alpha value is -1.66. The molecule has 3 N–H and O–H groups in total. The van der Waals surface area contributed by atoms with Crippen molar-refractivity contribution in [2.75, 3.05) is 27.9 Å². The summed E-state index contributed by atoms with van der Waals surface area (Å²) >= 11 is 0. The van der Waals surface area contributed by atoms with Gasteiger partial charge in [-0.2, -0.15) is 0 Å². The Morgan fingerprint density at radius 1 is 1.12 bits per heavy atom. The van der Waals surface area contributed by atoms with Gasteiger partial charge in [-0.3, -0.25) is 4.79 Å². The molecule has 0 radical (unpaired) electrons. The normalized spacial score (nSPS) is 12.0. The van der Waals surface area contributed by atoms with Crippen molar-refractivity contribution in [1.82, 2.24) is 5.32 Å². The number of amides is 1. The zero-order valence-corrected chi connectivity index (χ0v) is 16.1. The van der Waals surface area contributed by atoms with Crippen molar-refractivity contribution < 1.29 is 19.0 Å². The highest BCUT2D eigenvalue weighted by atomic mass is 35.5.